The Hall–Kier alpha value is -1.81. The summed E-state index contributed by atoms with van der Waals surface area (Å²) in [5.41, 5.74) is 0.988. The molecule has 1 N–H and O–H groups in total. The fraction of sp³-hybridized carbons (Fsp3) is 0.375. The van der Waals surface area contributed by atoms with Crippen LogP contribution in [0, 0.1) is 0 Å². The third kappa shape index (κ3) is 4.43. The van der Waals surface area contributed by atoms with Gasteiger partial charge in [0.2, 0.25) is 0 Å². The Kier molecular flexibility index (Phi) is 5.62. The number of hydrogen-bond donors (Lipinski definition) is 1. The molecule has 2 aromatic rings. The summed E-state index contributed by atoms with van der Waals surface area (Å²) >= 11 is 1.33. The third-order valence-corrected chi connectivity index (χ3v) is 5.92. The van der Waals surface area contributed by atoms with Gasteiger partial charge in [-0.3, -0.25) is 14.9 Å². The summed E-state index contributed by atoms with van der Waals surface area (Å²) in [6.07, 6.45) is 0. The summed E-state index contributed by atoms with van der Waals surface area (Å²) in [6, 6.07) is 5.76. The Balaban J connectivity index is 2.23. The number of amides is 1. The summed E-state index contributed by atoms with van der Waals surface area (Å²) in [5, 5.41) is 5.06. The first-order chi connectivity index (χ1) is 11.6. The Labute approximate surface area is 151 Å². The van der Waals surface area contributed by atoms with Gasteiger partial charge in [0.05, 0.1) is 17.7 Å². The number of rotatable bonds is 5. The van der Waals surface area contributed by atoms with Crippen LogP contribution in [0.15, 0.2) is 34.5 Å². The molecule has 0 radical (unpaired) electrons. The van der Waals surface area contributed by atoms with Gasteiger partial charge in [-0.15, -0.1) is 11.3 Å². The zero-order valence-electron chi connectivity index (χ0n) is 14.7. The van der Waals surface area contributed by atoms with Gasteiger partial charge in [0, 0.05) is 23.4 Å². The predicted octanol–water partition coefficient (Wildman–Crippen LogP) is 2.87. The summed E-state index contributed by atoms with van der Waals surface area (Å²) in [6.45, 7) is 6.11. The van der Waals surface area contributed by atoms with Crippen molar-refractivity contribution in [2.45, 2.75) is 31.1 Å². The maximum atomic E-state index is 12.4. The van der Waals surface area contributed by atoms with Crippen LogP contribution in [-0.4, -0.2) is 37.9 Å². The molecule has 0 unspecified atom stereocenters. The molecule has 136 valence electrons. The molecule has 0 saturated carbocycles. The average molecular weight is 383 g/mol. The summed E-state index contributed by atoms with van der Waals surface area (Å²) < 4.78 is 25.3. The highest BCUT2D eigenvalue weighted by Gasteiger charge is 2.22. The lowest BCUT2D eigenvalue weighted by Gasteiger charge is -2.14. The Morgan fingerprint density at radius 2 is 2.00 bits per heavy atom. The van der Waals surface area contributed by atoms with E-state index in [1.54, 1.807) is 6.07 Å². The number of nitrogens with one attached hydrogen (secondary N) is 1. The van der Waals surface area contributed by atoms with E-state index in [0.29, 0.717) is 5.13 Å². The number of carbonyl (C=O) groups is 1. The highest BCUT2D eigenvalue weighted by atomic mass is 32.2. The van der Waals surface area contributed by atoms with Crippen LogP contribution >= 0.6 is 11.3 Å². The normalized spacial score (nSPS) is 12.4. The van der Waals surface area contributed by atoms with Crippen LogP contribution < -0.4 is 5.32 Å². The van der Waals surface area contributed by atoms with Crippen LogP contribution in [0.5, 0.6) is 0 Å². The number of carbonyl (C=O) groups excluding carboxylic acids is 1. The smallest absolute Gasteiger partial charge is 0.264 e. The van der Waals surface area contributed by atoms with Crippen molar-refractivity contribution >= 4 is 32.4 Å². The number of anilines is 1. The number of thiazole rings is 1. The fourth-order valence-corrected chi connectivity index (χ4v) is 3.84. The first-order valence-electron chi connectivity index (χ1n) is 7.46. The first kappa shape index (κ1) is 19.5. The Morgan fingerprint density at radius 3 is 2.56 bits per heavy atom. The second kappa shape index (κ2) is 7.20. The minimum absolute atomic E-state index is 0.0287. The zero-order chi connectivity index (χ0) is 18.8. The van der Waals surface area contributed by atoms with E-state index in [2.05, 4.69) is 10.3 Å². The second-order valence-corrected chi connectivity index (χ2v) is 9.16. The van der Waals surface area contributed by atoms with Crippen molar-refractivity contribution in [2.24, 2.45) is 0 Å². The van der Waals surface area contributed by atoms with Crippen molar-refractivity contribution in [3.8, 4) is 0 Å². The SMILES string of the molecule is CON(C)S(=O)(=O)c1cccc(C(=O)Nc2nc(C(C)(C)C)cs2)c1. The van der Waals surface area contributed by atoms with E-state index in [0.717, 1.165) is 10.2 Å². The van der Waals surface area contributed by atoms with E-state index in [1.165, 1.54) is 43.7 Å². The molecule has 1 aromatic carbocycles. The largest absolute Gasteiger partial charge is 0.298 e. The third-order valence-electron chi connectivity index (χ3n) is 3.48. The molecule has 0 aliphatic carbocycles. The van der Waals surface area contributed by atoms with Crippen molar-refractivity contribution in [1.29, 1.82) is 0 Å². The molecule has 0 spiro atoms. The minimum atomic E-state index is -3.82. The molecule has 2 rings (SSSR count). The topological polar surface area (TPSA) is 88.6 Å². The monoisotopic (exact) mass is 383 g/mol. The molecule has 25 heavy (non-hydrogen) atoms. The van der Waals surface area contributed by atoms with Gasteiger partial charge in [-0.2, -0.15) is 0 Å². The molecule has 0 aliphatic rings. The average Bonchev–Trinajstić information content (AvgIpc) is 3.02. The van der Waals surface area contributed by atoms with Crippen LogP contribution in [0.4, 0.5) is 5.13 Å². The summed E-state index contributed by atoms with van der Waals surface area (Å²) in [7, 11) is -1.28. The van der Waals surface area contributed by atoms with Crippen LogP contribution in [0.25, 0.3) is 0 Å². The van der Waals surface area contributed by atoms with Crippen molar-refractivity contribution in [1.82, 2.24) is 9.45 Å². The molecule has 1 heterocycles. The van der Waals surface area contributed by atoms with Gasteiger partial charge < -0.3 is 0 Å². The molecule has 7 nitrogen and oxygen atoms in total. The van der Waals surface area contributed by atoms with Gasteiger partial charge in [0.25, 0.3) is 15.9 Å². The second-order valence-electron chi connectivity index (χ2n) is 6.37. The highest BCUT2D eigenvalue weighted by Crippen LogP contribution is 2.26. The molecule has 1 amide bonds. The standard InChI is InChI=1S/C16H21N3O4S2/c1-16(2,3)13-10-24-15(17-13)18-14(20)11-7-6-8-12(9-11)25(21,22)19(4)23-5/h6-10H,1-5H3,(H,17,18,20). The maximum Gasteiger partial charge on any atom is 0.264 e. The molecular formula is C16H21N3O4S2. The van der Waals surface area contributed by atoms with Gasteiger partial charge in [0.1, 0.15) is 0 Å². The van der Waals surface area contributed by atoms with Gasteiger partial charge in [-0.1, -0.05) is 31.3 Å². The molecule has 0 atom stereocenters. The predicted molar refractivity (Wildman–Crippen MR) is 97.2 cm³/mol. The molecule has 9 heteroatoms. The lowest BCUT2D eigenvalue weighted by molar-refractivity contribution is -0.0258. The quantitative estimate of drug-likeness (QED) is 0.802. The van der Waals surface area contributed by atoms with Crippen molar-refractivity contribution in [3.63, 3.8) is 0 Å². The van der Waals surface area contributed by atoms with Gasteiger partial charge >= 0.3 is 0 Å². The summed E-state index contributed by atoms with van der Waals surface area (Å²) in [5.74, 6) is -0.424. The number of aromatic nitrogens is 1. The molecule has 0 aliphatic heterocycles. The number of hydroxylamine groups is 1. The van der Waals surface area contributed by atoms with Crippen molar-refractivity contribution < 1.29 is 18.0 Å². The molecule has 1 aromatic heterocycles. The number of hydrogen-bond acceptors (Lipinski definition) is 6. The fourth-order valence-electron chi connectivity index (χ4n) is 1.89. The Morgan fingerprint density at radius 1 is 1.32 bits per heavy atom. The van der Waals surface area contributed by atoms with Crippen LogP contribution in [-0.2, 0) is 20.3 Å². The zero-order valence-corrected chi connectivity index (χ0v) is 16.4. The lowest BCUT2D eigenvalue weighted by atomic mass is 9.93. The van der Waals surface area contributed by atoms with Crippen LogP contribution in [0.2, 0.25) is 0 Å². The van der Waals surface area contributed by atoms with Crippen LogP contribution in [0.1, 0.15) is 36.8 Å². The number of nitrogens with zero attached hydrogens (tertiary/aromatic N) is 2. The maximum absolute atomic E-state index is 12.4. The van der Waals surface area contributed by atoms with Crippen molar-refractivity contribution in [3.05, 3.63) is 40.9 Å². The van der Waals surface area contributed by atoms with E-state index in [1.807, 2.05) is 26.2 Å². The van der Waals surface area contributed by atoms with E-state index in [-0.39, 0.29) is 15.9 Å². The van der Waals surface area contributed by atoms with Gasteiger partial charge in [-0.05, 0) is 18.2 Å². The van der Waals surface area contributed by atoms with E-state index >= 15 is 0 Å². The van der Waals surface area contributed by atoms with E-state index in [9.17, 15) is 13.2 Å². The van der Waals surface area contributed by atoms with E-state index in [4.69, 9.17) is 4.84 Å². The van der Waals surface area contributed by atoms with Gasteiger partial charge in [-0.25, -0.2) is 13.4 Å². The molecule has 0 fully saturated rings. The van der Waals surface area contributed by atoms with Gasteiger partial charge in [0.15, 0.2) is 5.13 Å². The number of sulfonamides is 1. The molecular weight excluding hydrogens is 362 g/mol. The molecule has 0 saturated heterocycles. The first-order valence-corrected chi connectivity index (χ1v) is 9.78. The highest BCUT2D eigenvalue weighted by molar-refractivity contribution is 7.89. The van der Waals surface area contributed by atoms with E-state index < -0.39 is 15.9 Å². The molecule has 0 bridgehead atoms. The van der Waals surface area contributed by atoms with Crippen LogP contribution in [0.3, 0.4) is 0 Å². The van der Waals surface area contributed by atoms with Crippen molar-refractivity contribution in [2.75, 3.05) is 19.5 Å². The summed E-state index contributed by atoms with van der Waals surface area (Å²) in [4.78, 5) is 21.5. The number of benzene rings is 1. The Bertz CT molecular complexity index is 870. The lowest BCUT2D eigenvalue weighted by Crippen LogP contribution is -2.26. The minimum Gasteiger partial charge on any atom is -0.298 e.